The Morgan fingerprint density at radius 1 is 1.19 bits per heavy atom. The van der Waals surface area contributed by atoms with E-state index >= 15 is 0 Å². The number of benzene rings is 1. The Morgan fingerprint density at radius 3 is 2.71 bits per heavy atom. The number of anilines is 1. The summed E-state index contributed by atoms with van der Waals surface area (Å²) in [4.78, 5) is 18.7. The molecule has 21 heavy (non-hydrogen) atoms. The van der Waals surface area contributed by atoms with E-state index in [1.807, 2.05) is 55.4 Å². The molecule has 0 fully saturated rings. The number of para-hydroxylation sites is 1. The molecule has 1 aliphatic rings. The van der Waals surface area contributed by atoms with E-state index in [1.54, 1.807) is 12.3 Å². The van der Waals surface area contributed by atoms with Gasteiger partial charge in [0.25, 0.3) is 0 Å². The summed E-state index contributed by atoms with van der Waals surface area (Å²) in [6, 6.07) is 11.2. The van der Waals surface area contributed by atoms with Crippen molar-refractivity contribution in [1.82, 2.24) is 4.98 Å². The quantitative estimate of drug-likeness (QED) is 0.793. The molecule has 0 bridgehead atoms. The maximum Gasteiger partial charge on any atom is 0.196 e. The highest BCUT2D eigenvalue weighted by molar-refractivity contribution is 6.14. The second kappa shape index (κ2) is 5.40. The molecule has 0 amide bonds. The highest BCUT2D eigenvalue weighted by Gasteiger charge is 2.22. The normalized spacial score (nSPS) is 15.5. The van der Waals surface area contributed by atoms with Crippen LogP contribution in [0.25, 0.3) is 6.08 Å². The Hall–Kier alpha value is -2.62. The van der Waals surface area contributed by atoms with Crippen molar-refractivity contribution in [2.24, 2.45) is 0 Å². The molecule has 4 heteroatoms. The van der Waals surface area contributed by atoms with Crippen molar-refractivity contribution in [2.45, 2.75) is 0 Å². The van der Waals surface area contributed by atoms with Gasteiger partial charge >= 0.3 is 0 Å². The minimum atomic E-state index is 0.0218. The van der Waals surface area contributed by atoms with E-state index < -0.39 is 0 Å². The van der Waals surface area contributed by atoms with Crippen LogP contribution in [0.1, 0.15) is 15.9 Å². The molecule has 0 radical (unpaired) electrons. The topological polar surface area (TPSA) is 42.4 Å². The fourth-order valence-corrected chi connectivity index (χ4v) is 2.23. The van der Waals surface area contributed by atoms with Crippen LogP contribution >= 0.6 is 0 Å². The van der Waals surface area contributed by atoms with Crippen molar-refractivity contribution in [3.05, 3.63) is 59.3 Å². The van der Waals surface area contributed by atoms with Gasteiger partial charge in [0.15, 0.2) is 5.78 Å². The number of ether oxygens (including phenoxy) is 1. The summed E-state index contributed by atoms with van der Waals surface area (Å²) in [7, 11) is 3.88. The maximum atomic E-state index is 12.4. The van der Waals surface area contributed by atoms with Crippen LogP contribution in [0.2, 0.25) is 0 Å². The molecule has 2 aromatic rings. The number of ketones is 1. The van der Waals surface area contributed by atoms with Crippen molar-refractivity contribution in [3.63, 3.8) is 0 Å². The van der Waals surface area contributed by atoms with Gasteiger partial charge in [-0.25, -0.2) is 4.98 Å². The molecule has 0 N–H and O–H groups in total. The van der Waals surface area contributed by atoms with Gasteiger partial charge < -0.3 is 9.64 Å². The van der Waals surface area contributed by atoms with Crippen LogP contribution in [-0.2, 0) is 0 Å². The van der Waals surface area contributed by atoms with Gasteiger partial charge in [0.05, 0.1) is 5.56 Å². The molecule has 0 saturated heterocycles. The third-order valence-corrected chi connectivity index (χ3v) is 3.38. The van der Waals surface area contributed by atoms with E-state index in [9.17, 15) is 4.79 Å². The molecule has 1 aliphatic heterocycles. The summed E-state index contributed by atoms with van der Waals surface area (Å²) in [6.45, 7) is 0.297. The lowest BCUT2D eigenvalue weighted by molar-refractivity contribution is 0.100. The van der Waals surface area contributed by atoms with Gasteiger partial charge in [0, 0.05) is 25.9 Å². The lowest BCUT2D eigenvalue weighted by Crippen LogP contribution is -2.18. The van der Waals surface area contributed by atoms with Crippen molar-refractivity contribution in [1.29, 1.82) is 0 Å². The molecule has 1 aromatic carbocycles. The number of rotatable bonds is 2. The molecule has 0 saturated carbocycles. The lowest BCUT2D eigenvalue weighted by atomic mass is 9.99. The van der Waals surface area contributed by atoms with Gasteiger partial charge in [-0.05, 0) is 35.9 Å². The van der Waals surface area contributed by atoms with Gasteiger partial charge in [-0.3, -0.25) is 4.79 Å². The third-order valence-electron chi connectivity index (χ3n) is 3.38. The SMILES string of the molecule is CN(C)c1ccc(/C=C2\COc3ccccc3C2=O)cn1. The van der Waals surface area contributed by atoms with E-state index in [2.05, 4.69) is 4.98 Å². The Bertz CT molecular complexity index is 703. The van der Waals surface area contributed by atoms with Crippen LogP contribution in [0.5, 0.6) is 5.75 Å². The fourth-order valence-electron chi connectivity index (χ4n) is 2.23. The maximum absolute atomic E-state index is 12.4. The van der Waals surface area contributed by atoms with Gasteiger partial charge in [0.1, 0.15) is 18.2 Å². The predicted octanol–water partition coefficient (Wildman–Crippen LogP) is 2.81. The number of aromatic nitrogens is 1. The van der Waals surface area contributed by atoms with Crippen LogP contribution < -0.4 is 9.64 Å². The standard InChI is InChI=1S/C17H16N2O2/c1-19(2)16-8-7-12(10-18-16)9-13-11-21-15-6-4-3-5-14(15)17(13)20/h3-10H,11H2,1-2H3/b13-9+. The first-order chi connectivity index (χ1) is 10.1. The molecule has 3 rings (SSSR count). The molecule has 0 atom stereocenters. The number of carbonyl (C=O) groups excluding carboxylic acids is 1. The summed E-state index contributed by atoms with van der Waals surface area (Å²) in [5, 5.41) is 0. The third kappa shape index (κ3) is 2.65. The first kappa shape index (κ1) is 13.4. The molecular weight excluding hydrogens is 264 g/mol. The number of nitrogens with zero attached hydrogens (tertiary/aromatic N) is 2. The number of pyridine rings is 1. The molecule has 0 spiro atoms. The van der Waals surface area contributed by atoms with Crippen molar-refractivity contribution >= 4 is 17.7 Å². The Labute approximate surface area is 123 Å². The average molecular weight is 280 g/mol. The minimum Gasteiger partial charge on any atom is -0.488 e. The average Bonchev–Trinajstić information content (AvgIpc) is 2.51. The van der Waals surface area contributed by atoms with Gasteiger partial charge in [-0.2, -0.15) is 0 Å². The second-order valence-corrected chi connectivity index (χ2v) is 5.13. The zero-order valence-corrected chi connectivity index (χ0v) is 12.0. The smallest absolute Gasteiger partial charge is 0.196 e. The van der Waals surface area contributed by atoms with Crippen LogP contribution in [0.4, 0.5) is 5.82 Å². The van der Waals surface area contributed by atoms with E-state index in [0.29, 0.717) is 23.5 Å². The predicted molar refractivity (Wildman–Crippen MR) is 82.8 cm³/mol. The Morgan fingerprint density at radius 2 is 2.00 bits per heavy atom. The van der Waals surface area contributed by atoms with Crippen LogP contribution in [0, 0.1) is 0 Å². The molecular formula is C17H16N2O2. The van der Waals surface area contributed by atoms with Gasteiger partial charge in [-0.1, -0.05) is 12.1 Å². The highest BCUT2D eigenvalue weighted by Crippen LogP contribution is 2.27. The minimum absolute atomic E-state index is 0.0218. The number of Topliss-reactive ketones (excluding diaryl/α,β-unsaturated/α-hetero) is 1. The summed E-state index contributed by atoms with van der Waals surface area (Å²) >= 11 is 0. The molecule has 0 aliphatic carbocycles. The van der Waals surface area contributed by atoms with Crippen molar-refractivity contribution in [3.8, 4) is 5.75 Å². The summed E-state index contributed by atoms with van der Waals surface area (Å²) in [6.07, 6.45) is 3.60. The lowest BCUT2D eigenvalue weighted by Gasteiger charge is -2.18. The highest BCUT2D eigenvalue weighted by atomic mass is 16.5. The molecule has 106 valence electrons. The van der Waals surface area contributed by atoms with E-state index in [0.717, 1.165) is 11.4 Å². The number of fused-ring (bicyclic) bond motifs is 1. The largest absolute Gasteiger partial charge is 0.488 e. The zero-order chi connectivity index (χ0) is 14.8. The number of hydrogen-bond donors (Lipinski definition) is 0. The van der Waals surface area contributed by atoms with Crippen molar-refractivity contribution < 1.29 is 9.53 Å². The molecule has 4 nitrogen and oxygen atoms in total. The summed E-state index contributed by atoms with van der Waals surface area (Å²) in [5.41, 5.74) is 2.16. The first-order valence-electron chi connectivity index (χ1n) is 6.75. The Balaban J connectivity index is 1.89. The van der Waals surface area contributed by atoms with E-state index in [1.165, 1.54) is 0 Å². The summed E-state index contributed by atoms with van der Waals surface area (Å²) < 4.78 is 5.62. The Kier molecular flexibility index (Phi) is 3.44. The zero-order valence-electron chi connectivity index (χ0n) is 12.0. The molecule has 0 unspecified atom stereocenters. The second-order valence-electron chi connectivity index (χ2n) is 5.13. The molecule has 1 aromatic heterocycles. The number of hydrogen-bond acceptors (Lipinski definition) is 4. The van der Waals surface area contributed by atoms with E-state index in [-0.39, 0.29) is 5.78 Å². The van der Waals surface area contributed by atoms with Gasteiger partial charge in [-0.15, -0.1) is 0 Å². The van der Waals surface area contributed by atoms with Gasteiger partial charge in [0.2, 0.25) is 0 Å². The van der Waals surface area contributed by atoms with Crippen LogP contribution in [0.3, 0.4) is 0 Å². The van der Waals surface area contributed by atoms with Crippen LogP contribution in [-0.4, -0.2) is 31.5 Å². The number of carbonyl (C=O) groups is 1. The van der Waals surface area contributed by atoms with Crippen molar-refractivity contribution in [2.75, 3.05) is 25.6 Å². The molecule has 2 heterocycles. The monoisotopic (exact) mass is 280 g/mol. The fraction of sp³-hybridized carbons (Fsp3) is 0.176. The van der Waals surface area contributed by atoms with E-state index in [4.69, 9.17) is 4.74 Å². The van der Waals surface area contributed by atoms with Crippen LogP contribution in [0.15, 0.2) is 48.2 Å². The summed E-state index contributed by atoms with van der Waals surface area (Å²) in [5.74, 6) is 1.56. The first-order valence-corrected chi connectivity index (χ1v) is 6.75.